The van der Waals surface area contributed by atoms with E-state index in [1.165, 1.54) is 0 Å². The van der Waals surface area contributed by atoms with Crippen LogP contribution in [0.1, 0.15) is 25.3 Å². The van der Waals surface area contributed by atoms with Gasteiger partial charge in [-0.1, -0.05) is 40.1 Å². The second-order valence-corrected chi connectivity index (χ2v) is 4.64. The van der Waals surface area contributed by atoms with Gasteiger partial charge in [-0.3, -0.25) is 4.79 Å². The first-order chi connectivity index (χ1) is 8.17. The van der Waals surface area contributed by atoms with E-state index in [1.54, 1.807) is 0 Å². The van der Waals surface area contributed by atoms with Gasteiger partial charge in [-0.2, -0.15) is 0 Å². The molecule has 0 spiro atoms. The number of rotatable bonds is 6. The summed E-state index contributed by atoms with van der Waals surface area (Å²) < 4.78 is 1.02. The van der Waals surface area contributed by atoms with Crippen LogP contribution in [0.5, 0.6) is 0 Å². The summed E-state index contributed by atoms with van der Waals surface area (Å²) >= 11 is 3.36. The first-order valence-electron chi connectivity index (χ1n) is 5.48. The number of ketones is 1. The Morgan fingerprint density at radius 2 is 2.12 bits per heavy atom. The van der Waals surface area contributed by atoms with Crippen LogP contribution in [-0.4, -0.2) is 11.8 Å². The molecule has 0 aliphatic carbocycles. The molecule has 1 aromatic carbocycles. The average Bonchev–Trinajstić information content (AvgIpc) is 2.35. The maximum Gasteiger partial charge on any atom is 0.142 e. The van der Waals surface area contributed by atoms with E-state index in [0.717, 1.165) is 10.0 Å². The van der Waals surface area contributed by atoms with Gasteiger partial charge in [0, 0.05) is 15.8 Å². The van der Waals surface area contributed by atoms with Gasteiger partial charge in [0.25, 0.3) is 0 Å². The number of azide groups is 1. The van der Waals surface area contributed by atoms with Gasteiger partial charge in [0.2, 0.25) is 0 Å². The quantitative estimate of drug-likeness (QED) is 0.444. The SMILES string of the molecule is CC[C@H](N=[N+]=[N-])C(=O)CCc1ccc(Br)cc1. The molecule has 0 radical (unpaired) electrons. The lowest BCUT2D eigenvalue weighted by atomic mass is 10.0. The monoisotopic (exact) mass is 295 g/mol. The van der Waals surface area contributed by atoms with E-state index < -0.39 is 6.04 Å². The van der Waals surface area contributed by atoms with E-state index in [1.807, 2.05) is 31.2 Å². The number of nitrogens with zero attached hydrogens (tertiary/aromatic N) is 3. The van der Waals surface area contributed by atoms with Gasteiger partial charge < -0.3 is 0 Å². The van der Waals surface area contributed by atoms with Gasteiger partial charge in [0.1, 0.15) is 5.78 Å². The van der Waals surface area contributed by atoms with Crippen molar-refractivity contribution in [2.24, 2.45) is 5.11 Å². The van der Waals surface area contributed by atoms with Crippen LogP contribution < -0.4 is 0 Å². The van der Waals surface area contributed by atoms with Crippen molar-refractivity contribution in [1.29, 1.82) is 0 Å². The predicted octanol–water partition coefficient (Wildman–Crippen LogP) is 4.04. The summed E-state index contributed by atoms with van der Waals surface area (Å²) in [6.45, 7) is 1.84. The summed E-state index contributed by atoms with van der Waals surface area (Å²) in [5.74, 6) is 0.00761. The van der Waals surface area contributed by atoms with Crippen molar-refractivity contribution in [3.05, 3.63) is 44.7 Å². The summed E-state index contributed by atoms with van der Waals surface area (Å²) in [5, 5.41) is 3.49. The maximum absolute atomic E-state index is 11.7. The number of Topliss-reactive ketones (excluding diaryl/α,β-unsaturated/α-hetero) is 1. The van der Waals surface area contributed by atoms with Crippen molar-refractivity contribution in [2.45, 2.75) is 32.2 Å². The van der Waals surface area contributed by atoms with Crippen molar-refractivity contribution in [2.75, 3.05) is 0 Å². The first-order valence-corrected chi connectivity index (χ1v) is 6.28. The lowest BCUT2D eigenvalue weighted by molar-refractivity contribution is -0.120. The first kappa shape index (κ1) is 13.7. The van der Waals surface area contributed by atoms with E-state index in [4.69, 9.17) is 5.53 Å². The topological polar surface area (TPSA) is 65.8 Å². The molecule has 1 rings (SSSR count). The fourth-order valence-electron chi connectivity index (χ4n) is 1.52. The van der Waals surface area contributed by atoms with Crippen molar-refractivity contribution in [3.63, 3.8) is 0 Å². The number of hydrogen-bond acceptors (Lipinski definition) is 2. The van der Waals surface area contributed by atoms with E-state index in [0.29, 0.717) is 19.3 Å². The Bertz CT molecular complexity index is 424. The Hall–Kier alpha value is -1.32. The zero-order valence-electron chi connectivity index (χ0n) is 9.64. The summed E-state index contributed by atoms with van der Waals surface area (Å²) in [5.41, 5.74) is 9.44. The van der Waals surface area contributed by atoms with E-state index in [-0.39, 0.29) is 5.78 Å². The fraction of sp³-hybridized carbons (Fsp3) is 0.417. The highest BCUT2D eigenvalue weighted by atomic mass is 79.9. The van der Waals surface area contributed by atoms with Crippen LogP contribution >= 0.6 is 15.9 Å². The van der Waals surface area contributed by atoms with Gasteiger partial charge in [0.15, 0.2) is 0 Å². The minimum absolute atomic E-state index is 0.00761. The Morgan fingerprint density at radius 3 is 2.65 bits per heavy atom. The molecule has 0 heterocycles. The molecule has 0 aliphatic heterocycles. The molecule has 0 N–H and O–H groups in total. The van der Waals surface area contributed by atoms with Crippen LogP contribution in [0, 0.1) is 0 Å². The summed E-state index contributed by atoms with van der Waals surface area (Å²) in [7, 11) is 0. The molecule has 0 amide bonds. The van der Waals surface area contributed by atoms with E-state index in [2.05, 4.69) is 26.0 Å². The highest BCUT2D eigenvalue weighted by Gasteiger charge is 2.13. The Labute approximate surface area is 109 Å². The lowest BCUT2D eigenvalue weighted by Crippen LogP contribution is -2.17. The Kier molecular flexibility index (Phi) is 5.73. The number of hydrogen-bond donors (Lipinski definition) is 0. The molecule has 0 bridgehead atoms. The molecule has 0 aliphatic rings. The van der Waals surface area contributed by atoms with Crippen LogP contribution in [0.3, 0.4) is 0 Å². The van der Waals surface area contributed by atoms with Crippen LogP contribution in [0.2, 0.25) is 0 Å². The van der Waals surface area contributed by atoms with Crippen LogP contribution in [0.25, 0.3) is 10.4 Å². The third-order valence-electron chi connectivity index (χ3n) is 2.52. The summed E-state index contributed by atoms with van der Waals surface area (Å²) in [6, 6.07) is 7.34. The van der Waals surface area contributed by atoms with Crippen molar-refractivity contribution in [3.8, 4) is 0 Å². The maximum atomic E-state index is 11.7. The predicted molar refractivity (Wildman–Crippen MR) is 70.7 cm³/mol. The van der Waals surface area contributed by atoms with Crippen molar-refractivity contribution in [1.82, 2.24) is 0 Å². The molecule has 0 saturated heterocycles. The largest absolute Gasteiger partial charge is 0.299 e. The highest BCUT2D eigenvalue weighted by Crippen LogP contribution is 2.13. The number of halogens is 1. The summed E-state index contributed by atoms with van der Waals surface area (Å²) in [6.07, 6.45) is 1.66. The molecule has 4 nitrogen and oxygen atoms in total. The second kappa shape index (κ2) is 7.09. The molecule has 5 heteroatoms. The molecule has 0 aromatic heterocycles. The minimum atomic E-state index is -0.518. The van der Waals surface area contributed by atoms with Gasteiger partial charge in [-0.15, -0.1) is 0 Å². The molecule has 0 fully saturated rings. The zero-order valence-corrected chi connectivity index (χ0v) is 11.2. The van der Waals surface area contributed by atoms with E-state index >= 15 is 0 Å². The molecular formula is C12H14BrN3O. The fourth-order valence-corrected chi connectivity index (χ4v) is 1.79. The van der Waals surface area contributed by atoms with E-state index in [9.17, 15) is 4.79 Å². The second-order valence-electron chi connectivity index (χ2n) is 3.72. The Morgan fingerprint density at radius 1 is 1.47 bits per heavy atom. The van der Waals surface area contributed by atoms with Gasteiger partial charge >= 0.3 is 0 Å². The van der Waals surface area contributed by atoms with Crippen molar-refractivity contribution < 1.29 is 4.79 Å². The standard InChI is InChI=1S/C12H14BrN3O/c1-2-11(15-16-14)12(17)8-5-9-3-6-10(13)7-4-9/h3-4,6-7,11H,2,5,8H2,1H3/t11-/m0/s1. The van der Waals surface area contributed by atoms with Gasteiger partial charge in [0.05, 0.1) is 6.04 Å². The molecule has 90 valence electrons. The van der Waals surface area contributed by atoms with Crippen LogP contribution in [0.15, 0.2) is 33.9 Å². The van der Waals surface area contributed by atoms with Gasteiger partial charge in [-0.25, -0.2) is 0 Å². The molecule has 17 heavy (non-hydrogen) atoms. The Balaban J connectivity index is 2.52. The number of aryl methyl sites for hydroxylation is 1. The number of carbonyl (C=O) groups excluding carboxylic acids is 1. The third-order valence-corrected chi connectivity index (χ3v) is 3.05. The van der Waals surface area contributed by atoms with Crippen molar-refractivity contribution >= 4 is 21.7 Å². The highest BCUT2D eigenvalue weighted by molar-refractivity contribution is 9.10. The average molecular weight is 296 g/mol. The number of carbonyl (C=O) groups is 1. The third kappa shape index (κ3) is 4.59. The molecule has 0 unspecified atom stereocenters. The van der Waals surface area contributed by atoms with Crippen LogP contribution in [0.4, 0.5) is 0 Å². The zero-order chi connectivity index (χ0) is 12.7. The smallest absolute Gasteiger partial charge is 0.142 e. The molecule has 1 atom stereocenters. The minimum Gasteiger partial charge on any atom is -0.299 e. The molecule has 0 saturated carbocycles. The normalized spacial score (nSPS) is 11.6. The molecular weight excluding hydrogens is 282 g/mol. The molecule has 1 aromatic rings. The lowest BCUT2D eigenvalue weighted by Gasteiger charge is -2.06. The van der Waals surface area contributed by atoms with Gasteiger partial charge in [-0.05, 0) is 36.1 Å². The number of benzene rings is 1. The van der Waals surface area contributed by atoms with Crippen LogP contribution in [-0.2, 0) is 11.2 Å². The summed E-state index contributed by atoms with van der Waals surface area (Å²) in [4.78, 5) is 14.4.